The third kappa shape index (κ3) is 4.10. The van der Waals surface area contributed by atoms with E-state index in [1.807, 2.05) is 0 Å². The lowest BCUT2D eigenvalue weighted by molar-refractivity contribution is 0.241. The summed E-state index contributed by atoms with van der Waals surface area (Å²) in [7, 11) is -7.95. The van der Waals surface area contributed by atoms with Gasteiger partial charge in [-0.15, -0.1) is 0 Å². The Labute approximate surface area is 117 Å². The van der Waals surface area contributed by atoms with Gasteiger partial charge in [-0.3, -0.25) is 0 Å². The smallest absolute Gasteiger partial charge is 0.317 e. The van der Waals surface area contributed by atoms with Crippen LogP contribution < -0.4 is 0 Å². The fourth-order valence-electron chi connectivity index (χ4n) is 2.16. The van der Waals surface area contributed by atoms with Gasteiger partial charge in [-0.25, -0.2) is 0 Å². The first-order chi connectivity index (χ1) is 8.20. The zero-order valence-electron chi connectivity index (χ0n) is 12.8. The Bertz CT molecular complexity index is 271. The van der Waals surface area contributed by atoms with E-state index in [0.29, 0.717) is 0 Å². The highest BCUT2D eigenvalue weighted by Gasteiger charge is 2.50. The highest BCUT2D eigenvalue weighted by molar-refractivity contribution is 6.90. The summed E-state index contributed by atoms with van der Waals surface area (Å²) in [6, 6.07) is 2.88. The molecule has 0 saturated carbocycles. The van der Waals surface area contributed by atoms with E-state index in [1.54, 1.807) is 0 Å². The summed E-state index contributed by atoms with van der Waals surface area (Å²) in [5.41, 5.74) is 0. The summed E-state index contributed by atoms with van der Waals surface area (Å²) in [6.07, 6.45) is 0. The Balaban J connectivity index is 3.00. The summed E-state index contributed by atoms with van der Waals surface area (Å²) in [5.74, 6) is 0. The lowest BCUT2D eigenvalue weighted by atomic mass is 11.0. The van der Waals surface area contributed by atoms with Gasteiger partial charge >= 0.3 is 35.0 Å². The monoisotopic (exact) mass is 324 g/mol. The molecule has 0 amide bonds. The molecule has 0 bridgehead atoms. The Morgan fingerprint density at radius 2 is 1.06 bits per heavy atom. The second-order valence-corrected chi connectivity index (χ2v) is 19.0. The van der Waals surface area contributed by atoms with Gasteiger partial charge in [0.25, 0.3) is 0 Å². The zero-order chi connectivity index (χ0) is 14.0. The van der Waals surface area contributed by atoms with Crippen molar-refractivity contribution in [1.29, 1.82) is 0 Å². The fourth-order valence-corrected chi connectivity index (χ4v) is 21.1. The topological polar surface area (TPSA) is 36.9 Å². The average Bonchev–Trinajstić information content (AvgIpc) is 2.26. The second kappa shape index (κ2) is 6.00. The summed E-state index contributed by atoms with van der Waals surface area (Å²) in [4.78, 5) is 0. The van der Waals surface area contributed by atoms with Gasteiger partial charge in [0.05, 0.1) is 0 Å². The Hall–Kier alpha value is 0.708. The van der Waals surface area contributed by atoms with Gasteiger partial charge in [0.15, 0.2) is 0 Å². The summed E-state index contributed by atoms with van der Waals surface area (Å²) >= 11 is 0. The van der Waals surface area contributed by atoms with Crippen LogP contribution >= 0.6 is 0 Å². The van der Waals surface area contributed by atoms with Crippen molar-refractivity contribution >= 4 is 35.0 Å². The van der Waals surface area contributed by atoms with E-state index < -0.39 is 35.0 Å². The van der Waals surface area contributed by atoms with Gasteiger partial charge in [-0.05, 0) is 44.3 Å². The predicted molar refractivity (Wildman–Crippen MR) is 83.7 cm³/mol. The van der Waals surface area contributed by atoms with Gasteiger partial charge in [-0.2, -0.15) is 0 Å². The third-order valence-corrected chi connectivity index (χ3v) is 21.0. The van der Waals surface area contributed by atoms with Crippen molar-refractivity contribution in [1.82, 2.24) is 0 Å². The molecule has 1 heterocycles. The first-order valence-corrected chi connectivity index (χ1v) is 16.6. The molecule has 0 aliphatic carbocycles. The molecule has 108 valence electrons. The van der Waals surface area contributed by atoms with E-state index in [4.69, 9.17) is 16.5 Å². The maximum atomic E-state index is 6.46. The molecule has 4 nitrogen and oxygen atoms in total. The molecular formula is C10H28O4Si4. The highest BCUT2D eigenvalue weighted by Crippen LogP contribution is 2.31. The first kappa shape index (κ1) is 16.8. The molecule has 1 rings (SSSR count). The van der Waals surface area contributed by atoms with Gasteiger partial charge in [0.1, 0.15) is 0 Å². The van der Waals surface area contributed by atoms with Crippen molar-refractivity contribution in [3.05, 3.63) is 0 Å². The molecule has 0 aromatic heterocycles. The maximum absolute atomic E-state index is 6.46. The van der Waals surface area contributed by atoms with Crippen molar-refractivity contribution in [2.75, 3.05) is 0 Å². The van der Waals surface area contributed by atoms with E-state index in [0.717, 1.165) is 18.1 Å². The maximum Gasteiger partial charge on any atom is 0.317 e. The fraction of sp³-hybridized carbons (Fsp3) is 1.00. The molecule has 18 heavy (non-hydrogen) atoms. The Morgan fingerprint density at radius 1 is 0.722 bits per heavy atom. The standard InChI is InChI=1S/C10H28O4Si4/c1-8-16(5)11-15(4)12-17(6,9-2)14-18(7,10-3)13-16/h15H,8-10H2,1-7H3. The zero-order valence-corrected chi connectivity index (χ0v) is 17.0. The molecule has 0 N–H and O–H groups in total. The average molecular weight is 325 g/mol. The van der Waals surface area contributed by atoms with E-state index in [9.17, 15) is 0 Å². The van der Waals surface area contributed by atoms with Crippen LogP contribution in [0, 0.1) is 0 Å². The van der Waals surface area contributed by atoms with Crippen LogP contribution in [0.15, 0.2) is 0 Å². The highest BCUT2D eigenvalue weighted by atomic mass is 28.5. The van der Waals surface area contributed by atoms with Crippen molar-refractivity contribution in [3.8, 4) is 0 Å². The van der Waals surface area contributed by atoms with Crippen molar-refractivity contribution in [2.45, 2.75) is 65.1 Å². The van der Waals surface area contributed by atoms with Crippen LogP contribution in [0.4, 0.5) is 0 Å². The lowest BCUT2D eigenvalue weighted by Crippen LogP contribution is -2.62. The van der Waals surface area contributed by atoms with Gasteiger partial charge in [0.2, 0.25) is 0 Å². The van der Waals surface area contributed by atoms with Crippen LogP contribution in [-0.2, 0) is 16.5 Å². The SMILES string of the molecule is CC[Si]1(C)O[SiH](C)O[Si](C)(CC)O[Si](C)(CC)O1. The minimum atomic E-state index is -2.14. The molecule has 1 saturated heterocycles. The molecule has 1 aliphatic rings. The first-order valence-electron chi connectivity index (χ1n) is 6.96. The molecule has 2 atom stereocenters. The minimum absolute atomic E-state index is 0.959. The molecule has 1 fully saturated rings. The van der Waals surface area contributed by atoms with Crippen LogP contribution in [0.1, 0.15) is 20.8 Å². The largest absolute Gasteiger partial charge is 0.418 e. The number of rotatable bonds is 3. The Morgan fingerprint density at radius 3 is 1.33 bits per heavy atom. The van der Waals surface area contributed by atoms with E-state index in [2.05, 4.69) is 47.0 Å². The molecular weight excluding hydrogens is 296 g/mol. The summed E-state index contributed by atoms with van der Waals surface area (Å²) < 4.78 is 25.4. The van der Waals surface area contributed by atoms with E-state index in [-0.39, 0.29) is 0 Å². The van der Waals surface area contributed by atoms with E-state index in [1.165, 1.54) is 0 Å². The quantitative estimate of drug-likeness (QED) is 0.747. The molecule has 2 unspecified atom stereocenters. The molecule has 0 aromatic carbocycles. The van der Waals surface area contributed by atoms with Crippen LogP contribution in [0.2, 0.25) is 44.3 Å². The third-order valence-electron chi connectivity index (χ3n) is 3.62. The van der Waals surface area contributed by atoms with Crippen LogP contribution in [-0.4, -0.2) is 35.0 Å². The number of hydrogen-bond acceptors (Lipinski definition) is 4. The van der Waals surface area contributed by atoms with Crippen LogP contribution in [0.3, 0.4) is 0 Å². The Kier molecular flexibility index (Phi) is 5.58. The van der Waals surface area contributed by atoms with Crippen molar-refractivity contribution in [3.63, 3.8) is 0 Å². The molecule has 0 aromatic rings. The van der Waals surface area contributed by atoms with Crippen molar-refractivity contribution < 1.29 is 16.5 Å². The molecule has 1 aliphatic heterocycles. The summed E-state index contributed by atoms with van der Waals surface area (Å²) in [6.45, 7) is 15.0. The van der Waals surface area contributed by atoms with Crippen LogP contribution in [0.5, 0.6) is 0 Å². The van der Waals surface area contributed by atoms with E-state index >= 15 is 0 Å². The molecule has 0 radical (unpaired) electrons. The minimum Gasteiger partial charge on any atom is -0.418 e. The summed E-state index contributed by atoms with van der Waals surface area (Å²) in [5, 5.41) is 0. The van der Waals surface area contributed by atoms with Gasteiger partial charge in [-0.1, -0.05) is 20.8 Å². The molecule has 8 heteroatoms. The normalized spacial score (nSPS) is 46.5. The molecule has 0 spiro atoms. The van der Waals surface area contributed by atoms with Gasteiger partial charge in [0, 0.05) is 0 Å². The predicted octanol–water partition coefficient (Wildman–Crippen LogP) is 3.19. The second-order valence-electron chi connectivity index (χ2n) is 5.47. The lowest BCUT2D eigenvalue weighted by Gasteiger charge is -2.46. The van der Waals surface area contributed by atoms with Gasteiger partial charge < -0.3 is 16.5 Å². The number of hydrogen-bond donors (Lipinski definition) is 0. The van der Waals surface area contributed by atoms with Crippen LogP contribution in [0.25, 0.3) is 0 Å². The van der Waals surface area contributed by atoms with Crippen molar-refractivity contribution in [2.24, 2.45) is 0 Å².